The van der Waals surface area contributed by atoms with Gasteiger partial charge in [0.15, 0.2) is 0 Å². The summed E-state index contributed by atoms with van der Waals surface area (Å²) < 4.78 is 0. The highest BCUT2D eigenvalue weighted by Gasteiger charge is 2.44. The van der Waals surface area contributed by atoms with E-state index in [1.807, 2.05) is 13.8 Å². The lowest BCUT2D eigenvalue weighted by molar-refractivity contribution is -0.0290. The van der Waals surface area contributed by atoms with E-state index in [-0.39, 0.29) is 32.9 Å². The third-order valence-corrected chi connectivity index (χ3v) is 9.62. The maximum absolute atomic E-state index is 6.79. The Bertz CT molecular complexity index is 921. The molecule has 41 heavy (non-hydrogen) atoms. The summed E-state index contributed by atoms with van der Waals surface area (Å²) >= 11 is 0. The fraction of sp³-hybridized carbons (Fsp3) is 0.684. The highest BCUT2D eigenvalue weighted by atomic mass is 15.2. The Morgan fingerprint density at radius 2 is 0.829 bits per heavy atom. The van der Waals surface area contributed by atoms with Gasteiger partial charge in [0.1, 0.15) is 0 Å². The van der Waals surface area contributed by atoms with Gasteiger partial charge in [0.2, 0.25) is 0 Å². The molecule has 0 fully saturated rings. The van der Waals surface area contributed by atoms with Gasteiger partial charge in [-0.15, -0.1) is 0 Å². The Balaban J connectivity index is 0.00000411. The normalized spacial score (nSPS) is 13.8. The number of nitrogens with two attached hydrogens (primary N) is 1. The summed E-state index contributed by atoms with van der Waals surface area (Å²) in [5.41, 5.74) is 9.42. The van der Waals surface area contributed by atoms with E-state index in [0.29, 0.717) is 0 Å². The highest BCUT2D eigenvalue weighted by molar-refractivity contribution is 5.17. The summed E-state index contributed by atoms with van der Waals surface area (Å²) in [6, 6.07) is 21.8. The lowest BCUT2D eigenvalue weighted by Crippen LogP contribution is -2.63. The van der Waals surface area contributed by atoms with Gasteiger partial charge in [0, 0.05) is 42.8 Å². The zero-order valence-corrected chi connectivity index (χ0v) is 29.8. The molecule has 0 saturated heterocycles. The molecule has 0 aromatic heterocycles. The molecule has 2 N–H and O–H groups in total. The third-order valence-electron chi connectivity index (χ3n) is 9.62. The van der Waals surface area contributed by atoms with Crippen LogP contribution in [0.1, 0.15) is 121 Å². The van der Waals surface area contributed by atoms with Crippen LogP contribution in [0.25, 0.3) is 0 Å². The second kappa shape index (κ2) is 14.2. The van der Waals surface area contributed by atoms with Crippen LogP contribution in [-0.4, -0.2) is 39.5 Å². The SMILES string of the molecule is CC.CC(C)(CN(Cc1ccccc1)C(C)(C)C(C)(C)C)CC(C)(C)CN(Cc1ccccc1)C(C)(C)C(C)(C)N. The molecule has 0 radical (unpaired) electrons. The zero-order valence-electron chi connectivity index (χ0n) is 29.8. The monoisotopic (exact) mass is 566 g/mol. The number of nitrogens with zero attached hydrogens (tertiary/aromatic N) is 2. The Morgan fingerprint density at radius 3 is 1.12 bits per heavy atom. The molecule has 234 valence electrons. The average molecular weight is 566 g/mol. The minimum Gasteiger partial charge on any atom is -0.324 e. The van der Waals surface area contributed by atoms with Crippen molar-refractivity contribution in [3.8, 4) is 0 Å². The lowest BCUT2D eigenvalue weighted by atomic mass is 9.70. The van der Waals surface area contributed by atoms with Crippen molar-refractivity contribution in [3.05, 3.63) is 71.8 Å². The Labute approximate surface area is 256 Å². The molecule has 3 heteroatoms. The van der Waals surface area contributed by atoms with Crippen LogP contribution in [0.2, 0.25) is 0 Å². The first kappa shape index (κ1) is 37.3. The van der Waals surface area contributed by atoms with Gasteiger partial charge in [0.25, 0.3) is 0 Å². The summed E-state index contributed by atoms with van der Waals surface area (Å²) in [6.45, 7) is 38.6. The van der Waals surface area contributed by atoms with Crippen LogP contribution in [0, 0.1) is 16.2 Å². The molecule has 0 aliphatic rings. The van der Waals surface area contributed by atoms with Crippen molar-refractivity contribution in [1.29, 1.82) is 0 Å². The molecule has 0 atom stereocenters. The molecule has 0 spiro atoms. The highest BCUT2D eigenvalue weighted by Crippen LogP contribution is 2.42. The van der Waals surface area contributed by atoms with E-state index in [9.17, 15) is 0 Å². The summed E-state index contributed by atoms with van der Waals surface area (Å²) in [4.78, 5) is 5.35. The van der Waals surface area contributed by atoms with E-state index in [2.05, 4.69) is 160 Å². The van der Waals surface area contributed by atoms with Crippen LogP contribution >= 0.6 is 0 Å². The molecule has 2 aromatic rings. The predicted molar refractivity (Wildman–Crippen MR) is 183 cm³/mol. The second-order valence-corrected chi connectivity index (χ2v) is 16.3. The molecule has 0 bridgehead atoms. The van der Waals surface area contributed by atoms with Gasteiger partial charge < -0.3 is 5.73 Å². The van der Waals surface area contributed by atoms with E-state index in [1.165, 1.54) is 11.1 Å². The van der Waals surface area contributed by atoms with Crippen molar-refractivity contribution in [2.24, 2.45) is 22.0 Å². The average Bonchev–Trinajstić information content (AvgIpc) is 2.83. The molecule has 3 nitrogen and oxygen atoms in total. The van der Waals surface area contributed by atoms with Gasteiger partial charge in [-0.2, -0.15) is 0 Å². The number of rotatable bonds is 13. The first-order valence-electron chi connectivity index (χ1n) is 15.9. The smallest absolute Gasteiger partial charge is 0.0331 e. The van der Waals surface area contributed by atoms with Crippen LogP contribution in [-0.2, 0) is 13.1 Å². The Hall–Kier alpha value is -1.68. The van der Waals surface area contributed by atoms with Crippen LogP contribution in [0.3, 0.4) is 0 Å². The summed E-state index contributed by atoms with van der Waals surface area (Å²) in [5.74, 6) is 0. The maximum Gasteiger partial charge on any atom is 0.0331 e. The van der Waals surface area contributed by atoms with Crippen LogP contribution in [0.15, 0.2) is 60.7 Å². The number of benzene rings is 2. The van der Waals surface area contributed by atoms with Crippen molar-refractivity contribution >= 4 is 0 Å². The topological polar surface area (TPSA) is 32.5 Å². The molecule has 2 rings (SSSR count). The largest absolute Gasteiger partial charge is 0.324 e. The molecule has 0 aliphatic heterocycles. The van der Waals surface area contributed by atoms with Gasteiger partial charge >= 0.3 is 0 Å². The van der Waals surface area contributed by atoms with E-state index < -0.39 is 0 Å². The zero-order chi connectivity index (χ0) is 31.9. The van der Waals surface area contributed by atoms with Gasteiger partial charge in [-0.25, -0.2) is 0 Å². The molecule has 0 unspecified atom stereocenters. The van der Waals surface area contributed by atoms with Gasteiger partial charge in [-0.3, -0.25) is 9.80 Å². The molecule has 0 heterocycles. The predicted octanol–water partition coefficient (Wildman–Crippen LogP) is 9.80. The van der Waals surface area contributed by atoms with E-state index in [1.54, 1.807) is 0 Å². The third kappa shape index (κ3) is 10.8. The number of hydrogen-bond donors (Lipinski definition) is 1. The number of hydrogen-bond acceptors (Lipinski definition) is 3. The quantitative estimate of drug-likeness (QED) is 0.262. The van der Waals surface area contributed by atoms with Gasteiger partial charge in [-0.05, 0) is 75.3 Å². The summed E-state index contributed by atoms with van der Waals surface area (Å²) in [6.07, 6.45) is 1.12. The first-order valence-corrected chi connectivity index (χ1v) is 15.9. The van der Waals surface area contributed by atoms with Crippen molar-refractivity contribution in [2.75, 3.05) is 13.1 Å². The second-order valence-electron chi connectivity index (χ2n) is 16.3. The minimum atomic E-state index is -0.337. The van der Waals surface area contributed by atoms with Crippen molar-refractivity contribution in [2.45, 2.75) is 140 Å². The standard InChI is InChI=1S/C36H61N3.C2H6/c1-31(2,3)35(10,11)38(24-29-20-16-14-17-21-29)27-32(4,5)26-33(6,7)28-39(36(12,13)34(8,9)37)25-30-22-18-15-19-23-30;1-2/h14-23H,24-28,37H2,1-13H3;1-2H3. The van der Waals surface area contributed by atoms with Gasteiger partial charge in [-0.1, -0.05) is 123 Å². The Kier molecular flexibility index (Phi) is 12.9. The maximum atomic E-state index is 6.79. The van der Waals surface area contributed by atoms with Crippen molar-refractivity contribution < 1.29 is 0 Å². The Morgan fingerprint density at radius 1 is 0.512 bits per heavy atom. The fourth-order valence-corrected chi connectivity index (χ4v) is 5.83. The summed E-state index contributed by atoms with van der Waals surface area (Å²) in [5, 5.41) is 0. The van der Waals surface area contributed by atoms with Gasteiger partial charge in [0.05, 0.1) is 0 Å². The molecular formula is C38H67N3. The minimum absolute atomic E-state index is 0.0369. The van der Waals surface area contributed by atoms with E-state index >= 15 is 0 Å². The van der Waals surface area contributed by atoms with Crippen LogP contribution in [0.5, 0.6) is 0 Å². The molecule has 0 amide bonds. The lowest BCUT2D eigenvalue weighted by Gasteiger charge is -2.53. The molecular weight excluding hydrogens is 498 g/mol. The summed E-state index contributed by atoms with van der Waals surface area (Å²) in [7, 11) is 0. The molecule has 0 saturated carbocycles. The molecule has 0 aliphatic carbocycles. The van der Waals surface area contributed by atoms with E-state index in [0.717, 1.165) is 32.6 Å². The van der Waals surface area contributed by atoms with Crippen molar-refractivity contribution in [1.82, 2.24) is 9.80 Å². The van der Waals surface area contributed by atoms with Crippen LogP contribution in [0.4, 0.5) is 0 Å². The first-order chi connectivity index (χ1) is 18.6. The van der Waals surface area contributed by atoms with Crippen LogP contribution < -0.4 is 5.73 Å². The van der Waals surface area contributed by atoms with E-state index in [4.69, 9.17) is 5.73 Å². The fourth-order valence-electron chi connectivity index (χ4n) is 5.83. The molecule has 2 aromatic carbocycles. The van der Waals surface area contributed by atoms with Crippen molar-refractivity contribution in [3.63, 3.8) is 0 Å².